The summed E-state index contributed by atoms with van der Waals surface area (Å²) in [6.07, 6.45) is 1.38. The Kier molecular flexibility index (Phi) is 3.10. The number of aromatic nitrogens is 1. The molecule has 0 unspecified atom stereocenters. The molecule has 0 saturated carbocycles. The number of amides is 1. The molecule has 1 aliphatic rings. The van der Waals surface area contributed by atoms with Gasteiger partial charge in [-0.15, -0.1) is 0 Å². The molecule has 1 amide bonds. The quantitative estimate of drug-likeness (QED) is 0.576. The van der Waals surface area contributed by atoms with E-state index in [2.05, 4.69) is 10.6 Å². The predicted molar refractivity (Wildman–Crippen MR) is 60.9 cm³/mol. The fourth-order valence-electron chi connectivity index (χ4n) is 1.70. The minimum Gasteiger partial charge on any atom is -0.345 e. The Morgan fingerprint density at radius 2 is 2.41 bits per heavy atom. The highest BCUT2D eigenvalue weighted by Crippen LogP contribution is 2.16. The van der Waals surface area contributed by atoms with E-state index in [1.165, 1.54) is 12.3 Å². The van der Waals surface area contributed by atoms with Crippen LogP contribution in [0.15, 0.2) is 12.3 Å². The minimum atomic E-state index is -0.492. The molecule has 2 rings (SSSR count). The highest BCUT2D eigenvalue weighted by atomic mass is 16.6. The summed E-state index contributed by atoms with van der Waals surface area (Å²) < 4.78 is 1.58. The molecule has 1 saturated heterocycles. The molecule has 0 aromatic carbocycles. The molecule has 0 radical (unpaired) electrons. The molecule has 1 fully saturated rings. The maximum absolute atomic E-state index is 11.9. The molecule has 0 atom stereocenters. The lowest BCUT2D eigenvalue weighted by molar-refractivity contribution is -0.384. The van der Waals surface area contributed by atoms with Gasteiger partial charge in [0.1, 0.15) is 5.69 Å². The summed E-state index contributed by atoms with van der Waals surface area (Å²) in [5.74, 6) is -0.258. The first kappa shape index (κ1) is 11.6. The number of carbonyl (C=O) groups is 1. The average Bonchev–Trinajstić information content (AvgIpc) is 2.67. The summed E-state index contributed by atoms with van der Waals surface area (Å²) in [5.41, 5.74) is 0.287. The smallest absolute Gasteiger partial charge is 0.287 e. The van der Waals surface area contributed by atoms with Crippen LogP contribution in [0.25, 0.3) is 0 Å². The van der Waals surface area contributed by atoms with E-state index >= 15 is 0 Å². The number of hydrogen-bond acceptors (Lipinski definition) is 4. The Labute approximate surface area is 97.9 Å². The molecule has 17 heavy (non-hydrogen) atoms. The van der Waals surface area contributed by atoms with Gasteiger partial charge in [0, 0.05) is 25.7 Å². The summed E-state index contributed by atoms with van der Waals surface area (Å²) in [5, 5.41) is 16.5. The van der Waals surface area contributed by atoms with E-state index in [9.17, 15) is 14.9 Å². The van der Waals surface area contributed by atoms with Crippen molar-refractivity contribution < 1.29 is 9.72 Å². The molecule has 7 nitrogen and oxygen atoms in total. The van der Waals surface area contributed by atoms with E-state index < -0.39 is 4.92 Å². The summed E-state index contributed by atoms with van der Waals surface area (Å²) >= 11 is 0. The van der Waals surface area contributed by atoms with Crippen molar-refractivity contribution in [2.75, 3.05) is 13.1 Å². The van der Waals surface area contributed by atoms with E-state index in [-0.39, 0.29) is 17.6 Å². The van der Waals surface area contributed by atoms with Gasteiger partial charge in [-0.2, -0.15) is 0 Å². The standard InChI is InChI=1S/C10H14N4O3/c1-2-13-6-8(14(16)17)3-9(13)10(15)12-7-4-11-5-7/h3,6-7,11H,2,4-5H2,1H3,(H,12,15). The van der Waals surface area contributed by atoms with Crippen LogP contribution in [-0.4, -0.2) is 34.5 Å². The molecule has 2 heterocycles. The van der Waals surface area contributed by atoms with Gasteiger partial charge in [-0.1, -0.05) is 0 Å². The van der Waals surface area contributed by atoms with Crippen LogP contribution >= 0.6 is 0 Å². The number of carbonyl (C=O) groups excluding carboxylic acids is 1. The maximum Gasteiger partial charge on any atom is 0.287 e. The summed E-state index contributed by atoms with van der Waals surface area (Å²) in [4.78, 5) is 22.0. The summed E-state index contributed by atoms with van der Waals surface area (Å²) in [6, 6.07) is 1.44. The molecular formula is C10H14N4O3. The zero-order valence-corrected chi connectivity index (χ0v) is 9.47. The van der Waals surface area contributed by atoms with Gasteiger partial charge in [0.2, 0.25) is 0 Å². The topological polar surface area (TPSA) is 89.2 Å². The van der Waals surface area contributed by atoms with E-state index in [4.69, 9.17) is 0 Å². The third kappa shape index (κ3) is 2.28. The van der Waals surface area contributed by atoms with Gasteiger partial charge in [-0.05, 0) is 6.92 Å². The molecule has 92 valence electrons. The van der Waals surface area contributed by atoms with Gasteiger partial charge in [0.05, 0.1) is 17.2 Å². The lowest BCUT2D eigenvalue weighted by atomic mass is 10.2. The SMILES string of the molecule is CCn1cc([N+](=O)[O-])cc1C(=O)NC1CNC1. The van der Waals surface area contributed by atoms with Crippen LogP contribution in [0.3, 0.4) is 0 Å². The van der Waals surface area contributed by atoms with Crippen molar-refractivity contribution in [3.63, 3.8) is 0 Å². The molecule has 1 aliphatic heterocycles. The second-order valence-corrected chi connectivity index (χ2v) is 3.96. The van der Waals surface area contributed by atoms with E-state index in [0.717, 1.165) is 13.1 Å². The second kappa shape index (κ2) is 4.54. The zero-order valence-electron chi connectivity index (χ0n) is 9.47. The van der Waals surface area contributed by atoms with Crippen molar-refractivity contribution in [3.8, 4) is 0 Å². The van der Waals surface area contributed by atoms with E-state index in [1.807, 2.05) is 6.92 Å². The van der Waals surface area contributed by atoms with Crippen LogP contribution in [0.4, 0.5) is 5.69 Å². The van der Waals surface area contributed by atoms with Crippen LogP contribution < -0.4 is 10.6 Å². The highest BCUT2D eigenvalue weighted by Gasteiger charge is 2.23. The van der Waals surface area contributed by atoms with Gasteiger partial charge >= 0.3 is 0 Å². The maximum atomic E-state index is 11.9. The van der Waals surface area contributed by atoms with Gasteiger partial charge in [-0.25, -0.2) is 0 Å². The van der Waals surface area contributed by atoms with Crippen LogP contribution in [0, 0.1) is 10.1 Å². The molecule has 1 aromatic heterocycles. The van der Waals surface area contributed by atoms with E-state index in [0.29, 0.717) is 12.2 Å². The van der Waals surface area contributed by atoms with E-state index in [1.54, 1.807) is 4.57 Å². The summed E-state index contributed by atoms with van der Waals surface area (Å²) in [6.45, 7) is 3.87. The van der Waals surface area contributed by atoms with Crippen molar-refractivity contribution >= 4 is 11.6 Å². The Balaban J connectivity index is 2.17. The van der Waals surface area contributed by atoms with Crippen molar-refractivity contribution in [1.82, 2.24) is 15.2 Å². The Bertz CT molecular complexity index is 450. The Hall–Kier alpha value is -1.89. The molecular weight excluding hydrogens is 224 g/mol. The molecule has 0 bridgehead atoms. The number of nitrogens with one attached hydrogen (secondary N) is 2. The van der Waals surface area contributed by atoms with Crippen LogP contribution in [0.1, 0.15) is 17.4 Å². The van der Waals surface area contributed by atoms with Gasteiger partial charge in [0.15, 0.2) is 0 Å². The van der Waals surface area contributed by atoms with Crippen LogP contribution in [-0.2, 0) is 6.54 Å². The Morgan fingerprint density at radius 3 is 2.88 bits per heavy atom. The third-order valence-electron chi connectivity index (χ3n) is 2.78. The average molecular weight is 238 g/mol. The van der Waals surface area contributed by atoms with Crippen molar-refractivity contribution in [2.45, 2.75) is 19.5 Å². The number of rotatable bonds is 4. The summed E-state index contributed by atoms with van der Waals surface area (Å²) in [7, 11) is 0. The van der Waals surface area contributed by atoms with Gasteiger partial charge < -0.3 is 15.2 Å². The number of aryl methyl sites for hydroxylation is 1. The fraction of sp³-hybridized carbons (Fsp3) is 0.500. The molecule has 7 heteroatoms. The minimum absolute atomic E-state index is 0.0521. The van der Waals surface area contributed by atoms with Crippen LogP contribution in [0.5, 0.6) is 0 Å². The lowest BCUT2D eigenvalue weighted by Crippen LogP contribution is -2.57. The Morgan fingerprint density at radius 1 is 1.71 bits per heavy atom. The fourth-order valence-corrected chi connectivity index (χ4v) is 1.70. The number of hydrogen-bond donors (Lipinski definition) is 2. The number of nitrogens with zero attached hydrogens (tertiary/aromatic N) is 2. The van der Waals surface area contributed by atoms with Crippen LogP contribution in [0.2, 0.25) is 0 Å². The first-order valence-electron chi connectivity index (χ1n) is 5.48. The van der Waals surface area contributed by atoms with Gasteiger partial charge in [-0.3, -0.25) is 14.9 Å². The number of nitro groups is 1. The first-order chi connectivity index (χ1) is 8.11. The largest absolute Gasteiger partial charge is 0.345 e. The highest BCUT2D eigenvalue weighted by molar-refractivity contribution is 5.93. The molecule has 0 aliphatic carbocycles. The third-order valence-corrected chi connectivity index (χ3v) is 2.78. The first-order valence-corrected chi connectivity index (χ1v) is 5.48. The zero-order chi connectivity index (χ0) is 12.4. The van der Waals surface area contributed by atoms with Crippen molar-refractivity contribution in [3.05, 3.63) is 28.1 Å². The molecule has 0 spiro atoms. The predicted octanol–water partition coefficient (Wildman–Crippen LogP) is 0.118. The normalized spacial score (nSPS) is 15.4. The molecule has 1 aromatic rings. The van der Waals surface area contributed by atoms with Gasteiger partial charge in [0.25, 0.3) is 11.6 Å². The second-order valence-electron chi connectivity index (χ2n) is 3.96. The van der Waals surface area contributed by atoms with Crippen molar-refractivity contribution in [2.24, 2.45) is 0 Å². The molecule has 2 N–H and O–H groups in total. The lowest BCUT2D eigenvalue weighted by Gasteiger charge is -2.27. The van der Waals surface area contributed by atoms with Crippen molar-refractivity contribution in [1.29, 1.82) is 0 Å². The monoisotopic (exact) mass is 238 g/mol.